The average Bonchev–Trinajstić information content (AvgIpc) is 2.34. The number of ether oxygens (including phenoxy) is 1. The summed E-state index contributed by atoms with van der Waals surface area (Å²) in [6.45, 7) is 2.72. The summed E-state index contributed by atoms with van der Waals surface area (Å²) in [6.07, 6.45) is 4.21. The first-order valence-corrected chi connectivity index (χ1v) is 5.37. The van der Waals surface area contributed by atoms with Crippen LogP contribution >= 0.6 is 0 Å². The molecule has 0 aliphatic rings. The van der Waals surface area contributed by atoms with Crippen LogP contribution in [0.2, 0.25) is 0 Å². The summed E-state index contributed by atoms with van der Waals surface area (Å²) in [7, 11) is 1.61. The number of para-hydroxylation sites is 1. The fourth-order valence-corrected chi connectivity index (χ4v) is 1.28. The number of amides is 1. The first-order valence-electron chi connectivity index (χ1n) is 5.37. The smallest absolute Gasteiger partial charge is 0.244 e. The molecule has 16 heavy (non-hydrogen) atoms. The van der Waals surface area contributed by atoms with E-state index in [0.717, 1.165) is 17.7 Å². The third-order valence-corrected chi connectivity index (χ3v) is 2.10. The summed E-state index contributed by atoms with van der Waals surface area (Å²) >= 11 is 0. The van der Waals surface area contributed by atoms with E-state index in [2.05, 4.69) is 5.32 Å². The highest BCUT2D eigenvalue weighted by Crippen LogP contribution is 2.18. The van der Waals surface area contributed by atoms with Crippen LogP contribution < -0.4 is 10.1 Å². The maximum absolute atomic E-state index is 11.3. The fourth-order valence-electron chi connectivity index (χ4n) is 1.28. The highest BCUT2D eigenvalue weighted by Gasteiger charge is 1.98. The van der Waals surface area contributed by atoms with Gasteiger partial charge in [-0.25, -0.2) is 0 Å². The molecular formula is C13H17NO2. The standard InChI is InChI=1S/C13H17NO2/c1-3-10-14-13(15)9-8-11-6-4-5-7-12(11)16-2/h4-9H,3,10H2,1-2H3,(H,14,15). The van der Waals surface area contributed by atoms with Crippen molar-refractivity contribution in [3.63, 3.8) is 0 Å². The minimum Gasteiger partial charge on any atom is -0.496 e. The molecule has 1 N–H and O–H groups in total. The van der Waals surface area contributed by atoms with E-state index < -0.39 is 0 Å². The van der Waals surface area contributed by atoms with Gasteiger partial charge in [-0.2, -0.15) is 0 Å². The Morgan fingerprint density at radius 3 is 2.88 bits per heavy atom. The maximum atomic E-state index is 11.3. The van der Waals surface area contributed by atoms with Gasteiger partial charge in [-0.3, -0.25) is 4.79 Å². The van der Waals surface area contributed by atoms with E-state index in [1.807, 2.05) is 31.2 Å². The van der Waals surface area contributed by atoms with Crippen LogP contribution in [0.25, 0.3) is 6.08 Å². The second-order valence-corrected chi connectivity index (χ2v) is 3.37. The third kappa shape index (κ3) is 3.77. The number of benzene rings is 1. The predicted octanol–water partition coefficient (Wildman–Crippen LogP) is 2.23. The molecule has 86 valence electrons. The molecule has 1 rings (SSSR count). The lowest BCUT2D eigenvalue weighted by molar-refractivity contribution is -0.116. The van der Waals surface area contributed by atoms with Crippen LogP contribution in [0.5, 0.6) is 5.75 Å². The molecule has 0 unspecified atom stereocenters. The fraction of sp³-hybridized carbons (Fsp3) is 0.308. The van der Waals surface area contributed by atoms with E-state index in [4.69, 9.17) is 4.74 Å². The number of rotatable bonds is 5. The SMILES string of the molecule is CCCNC(=O)C=Cc1ccccc1OC. The summed E-state index contributed by atoms with van der Waals surface area (Å²) in [5, 5.41) is 2.77. The summed E-state index contributed by atoms with van der Waals surface area (Å²) in [6, 6.07) is 7.57. The second kappa shape index (κ2) is 6.67. The van der Waals surface area contributed by atoms with Crippen LogP contribution in [-0.4, -0.2) is 19.6 Å². The van der Waals surface area contributed by atoms with Gasteiger partial charge < -0.3 is 10.1 Å². The van der Waals surface area contributed by atoms with E-state index in [-0.39, 0.29) is 5.91 Å². The van der Waals surface area contributed by atoms with E-state index in [9.17, 15) is 4.79 Å². The lowest BCUT2D eigenvalue weighted by atomic mass is 10.2. The molecule has 0 aliphatic carbocycles. The molecule has 0 aromatic heterocycles. The van der Waals surface area contributed by atoms with Crippen LogP contribution in [0.1, 0.15) is 18.9 Å². The molecule has 0 radical (unpaired) electrons. The second-order valence-electron chi connectivity index (χ2n) is 3.37. The van der Waals surface area contributed by atoms with Crippen molar-refractivity contribution in [1.82, 2.24) is 5.32 Å². The van der Waals surface area contributed by atoms with E-state index >= 15 is 0 Å². The highest BCUT2D eigenvalue weighted by atomic mass is 16.5. The molecule has 0 spiro atoms. The Balaban J connectivity index is 2.64. The minimum atomic E-state index is -0.0762. The first-order chi connectivity index (χ1) is 7.77. The van der Waals surface area contributed by atoms with Crippen LogP contribution in [0.15, 0.2) is 30.3 Å². The van der Waals surface area contributed by atoms with Gasteiger partial charge in [-0.05, 0) is 18.6 Å². The van der Waals surface area contributed by atoms with E-state index in [1.54, 1.807) is 13.2 Å². The van der Waals surface area contributed by atoms with Crippen molar-refractivity contribution >= 4 is 12.0 Å². The van der Waals surface area contributed by atoms with Crippen molar-refractivity contribution in [3.05, 3.63) is 35.9 Å². The number of carbonyl (C=O) groups excluding carboxylic acids is 1. The van der Waals surface area contributed by atoms with Crippen LogP contribution in [-0.2, 0) is 4.79 Å². The van der Waals surface area contributed by atoms with Gasteiger partial charge in [0.1, 0.15) is 5.75 Å². The number of carbonyl (C=O) groups is 1. The van der Waals surface area contributed by atoms with Gasteiger partial charge in [-0.15, -0.1) is 0 Å². The zero-order valence-corrected chi connectivity index (χ0v) is 9.69. The maximum Gasteiger partial charge on any atom is 0.244 e. The molecule has 0 saturated heterocycles. The molecule has 3 heteroatoms. The summed E-state index contributed by atoms with van der Waals surface area (Å²) in [4.78, 5) is 11.3. The molecule has 0 atom stereocenters. The first kappa shape index (κ1) is 12.3. The number of hydrogen-bond donors (Lipinski definition) is 1. The van der Waals surface area contributed by atoms with E-state index in [0.29, 0.717) is 6.54 Å². The Morgan fingerprint density at radius 2 is 2.19 bits per heavy atom. The molecule has 1 aromatic carbocycles. The van der Waals surface area contributed by atoms with Crippen LogP contribution in [0.3, 0.4) is 0 Å². The van der Waals surface area contributed by atoms with Gasteiger partial charge >= 0.3 is 0 Å². The van der Waals surface area contributed by atoms with Crippen LogP contribution in [0.4, 0.5) is 0 Å². The Morgan fingerprint density at radius 1 is 1.44 bits per heavy atom. The molecule has 1 aromatic rings. The summed E-state index contributed by atoms with van der Waals surface area (Å²) < 4.78 is 5.18. The number of nitrogens with one attached hydrogen (secondary N) is 1. The lowest BCUT2D eigenvalue weighted by Gasteiger charge is -2.03. The molecule has 0 heterocycles. The van der Waals surface area contributed by atoms with Crippen molar-refractivity contribution in [2.75, 3.05) is 13.7 Å². The van der Waals surface area contributed by atoms with Crippen molar-refractivity contribution in [2.45, 2.75) is 13.3 Å². The monoisotopic (exact) mass is 219 g/mol. The van der Waals surface area contributed by atoms with Gasteiger partial charge in [0.05, 0.1) is 7.11 Å². The Labute approximate surface area is 96.1 Å². The number of hydrogen-bond acceptors (Lipinski definition) is 2. The van der Waals surface area contributed by atoms with Gasteiger partial charge in [0.25, 0.3) is 0 Å². The van der Waals surface area contributed by atoms with Gasteiger partial charge in [0.15, 0.2) is 0 Å². The molecule has 0 aliphatic heterocycles. The largest absolute Gasteiger partial charge is 0.496 e. The zero-order valence-electron chi connectivity index (χ0n) is 9.69. The third-order valence-electron chi connectivity index (χ3n) is 2.10. The molecule has 0 bridgehead atoms. The summed E-state index contributed by atoms with van der Waals surface area (Å²) in [5.41, 5.74) is 0.900. The topological polar surface area (TPSA) is 38.3 Å². The summed E-state index contributed by atoms with van der Waals surface area (Å²) in [5.74, 6) is 0.690. The number of methoxy groups -OCH3 is 1. The van der Waals surface area contributed by atoms with Crippen LogP contribution in [0, 0.1) is 0 Å². The zero-order chi connectivity index (χ0) is 11.8. The lowest BCUT2D eigenvalue weighted by Crippen LogP contribution is -2.21. The Bertz CT molecular complexity index is 372. The van der Waals surface area contributed by atoms with Crippen molar-refractivity contribution in [1.29, 1.82) is 0 Å². The quantitative estimate of drug-likeness (QED) is 0.771. The van der Waals surface area contributed by atoms with Crippen molar-refractivity contribution < 1.29 is 9.53 Å². The predicted molar refractivity (Wildman–Crippen MR) is 65.3 cm³/mol. The molecule has 1 amide bonds. The highest BCUT2D eigenvalue weighted by molar-refractivity contribution is 5.92. The Hall–Kier alpha value is -1.77. The van der Waals surface area contributed by atoms with E-state index in [1.165, 1.54) is 6.08 Å². The van der Waals surface area contributed by atoms with Crippen molar-refractivity contribution in [3.8, 4) is 5.75 Å². The molecular weight excluding hydrogens is 202 g/mol. The molecule has 3 nitrogen and oxygen atoms in total. The average molecular weight is 219 g/mol. The van der Waals surface area contributed by atoms with Crippen molar-refractivity contribution in [2.24, 2.45) is 0 Å². The molecule has 0 saturated carbocycles. The van der Waals surface area contributed by atoms with Gasteiger partial charge in [-0.1, -0.05) is 25.1 Å². The van der Waals surface area contributed by atoms with Gasteiger partial charge in [0, 0.05) is 18.2 Å². The van der Waals surface area contributed by atoms with Gasteiger partial charge in [0.2, 0.25) is 5.91 Å². The normalized spacial score (nSPS) is 10.4. The molecule has 0 fully saturated rings. The Kier molecular flexibility index (Phi) is 5.12. The minimum absolute atomic E-state index is 0.0762.